The van der Waals surface area contributed by atoms with Crippen molar-refractivity contribution in [1.29, 1.82) is 0 Å². The van der Waals surface area contributed by atoms with Crippen molar-refractivity contribution < 1.29 is 4.74 Å². The molecule has 14 heavy (non-hydrogen) atoms. The third kappa shape index (κ3) is 3.25. The van der Waals surface area contributed by atoms with Gasteiger partial charge in [-0.1, -0.05) is 32.6 Å². The Labute approximate surface area is 88.2 Å². The van der Waals surface area contributed by atoms with Crippen LogP contribution >= 0.6 is 0 Å². The topological polar surface area (TPSA) is 35.2 Å². The van der Waals surface area contributed by atoms with Crippen LogP contribution in [0, 0.1) is 0 Å². The van der Waals surface area contributed by atoms with Gasteiger partial charge in [-0.15, -0.1) is 0 Å². The van der Waals surface area contributed by atoms with Crippen LogP contribution in [0.5, 0.6) is 0 Å². The van der Waals surface area contributed by atoms with E-state index in [4.69, 9.17) is 10.5 Å². The summed E-state index contributed by atoms with van der Waals surface area (Å²) in [5.41, 5.74) is 6.15. The number of rotatable bonds is 6. The van der Waals surface area contributed by atoms with E-state index in [9.17, 15) is 0 Å². The molecule has 0 bridgehead atoms. The van der Waals surface area contributed by atoms with Crippen LogP contribution in [-0.2, 0) is 4.74 Å². The maximum absolute atomic E-state index is 6.17. The zero-order valence-corrected chi connectivity index (χ0v) is 9.72. The van der Waals surface area contributed by atoms with Gasteiger partial charge in [0, 0.05) is 12.6 Å². The molecule has 2 heteroatoms. The van der Waals surface area contributed by atoms with Crippen LogP contribution in [0.15, 0.2) is 0 Å². The van der Waals surface area contributed by atoms with Gasteiger partial charge in [0.25, 0.3) is 0 Å². The Bertz CT molecular complexity index is 152. The Morgan fingerprint density at radius 1 is 1.36 bits per heavy atom. The van der Waals surface area contributed by atoms with Crippen molar-refractivity contribution in [1.82, 2.24) is 0 Å². The van der Waals surface area contributed by atoms with Gasteiger partial charge in [0.2, 0.25) is 0 Å². The van der Waals surface area contributed by atoms with Gasteiger partial charge >= 0.3 is 0 Å². The maximum Gasteiger partial charge on any atom is 0.0805 e. The van der Waals surface area contributed by atoms with Crippen molar-refractivity contribution >= 4 is 0 Å². The van der Waals surface area contributed by atoms with E-state index in [1.165, 1.54) is 32.1 Å². The molecule has 0 amide bonds. The fourth-order valence-electron chi connectivity index (χ4n) is 2.19. The van der Waals surface area contributed by atoms with E-state index in [1.54, 1.807) is 0 Å². The molecular weight excluding hydrogens is 174 g/mol. The lowest BCUT2D eigenvalue weighted by Crippen LogP contribution is -2.44. The maximum atomic E-state index is 6.17. The molecule has 2 atom stereocenters. The average molecular weight is 199 g/mol. The van der Waals surface area contributed by atoms with Gasteiger partial charge in [-0.2, -0.15) is 0 Å². The average Bonchev–Trinajstić information content (AvgIpc) is 2.61. The lowest BCUT2D eigenvalue weighted by atomic mass is 9.90. The van der Waals surface area contributed by atoms with Crippen molar-refractivity contribution in [2.24, 2.45) is 5.73 Å². The van der Waals surface area contributed by atoms with Crippen molar-refractivity contribution in [2.75, 3.05) is 6.61 Å². The van der Waals surface area contributed by atoms with Gasteiger partial charge < -0.3 is 10.5 Å². The molecule has 2 N–H and O–H groups in total. The van der Waals surface area contributed by atoms with Crippen LogP contribution in [-0.4, -0.2) is 18.2 Å². The third-order valence-electron chi connectivity index (χ3n) is 3.40. The number of hydrogen-bond acceptors (Lipinski definition) is 2. The van der Waals surface area contributed by atoms with Crippen molar-refractivity contribution in [2.45, 2.75) is 70.4 Å². The van der Waals surface area contributed by atoms with Gasteiger partial charge in [-0.3, -0.25) is 0 Å². The Hall–Kier alpha value is -0.0800. The molecule has 1 aliphatic rings. The van der Waals surface area contributed by atoms with Gasteiger partial charge in [0.05, 0.1) is 5.60 Å². The molecule has 0 aromatic heterocycles. The summed E-state index contributed by atoms with van der Waals surface area (Å²) in [6.07, 6.45) is 8.65. The highest BCUT2D eigenvalue weighted by atomic mass is 16.5. The predicted molar refractivity (Wildman–Crippen MR) is 60.3 cm³/mol. The Kier molecular flexibility index (Phi) is 4.90. The number of unbranched alkanes of at least 4 members (excludes halogenated alkanes) is 3. The smallest absolute Gasteiger partial charge is 0.0805 e. The summed E-state index contributed by atoms with van der Waals surface area (Å²) in [5.74, 6) is 0. The molecule has 1 saturated heterocycles. The fraction of sp³-hybridized carbons (Fsp3) is 1.00. The molecule has 0 spiro atoms. The van der Waals surface area contributed by atoms with Gasteiger partial charge in [-0.05, 0) is 26.2 Å². The van der Waals surface area contributed by atoms with Gasteiger partial charge in [-0.25, -0.2) is 0 Å². The Morgan fingerprint density at radius 3 is 2.71 bits per heavy atom. The molecule has 1 aliphatic heterocycles. The summed E-state index contributed by atoms with van der Waals surface area (Å²) >= 11 is 0. The first-order chi connectivity index (χ1) is 6.69. The van der Waals surface area contributed by atoms with E-state index in [0.29, 0.717) is 0 Å². The summed E-state index contributed by atoms with van der Waals surface area (Å²) < 4.78 is 5.73. The first-order valence-electron chi connectivity index (χ1n) is 6.08. The Morgan fingerprint density at radius 2 is 2.14 bits per heavy atom. The highest BCUT2D eigenvalue weighted by Crippen LogP contribution is 2.29. The van der Waals surface area contributed by atoms with E-state index >= 15 is 0 Å². The number of hydrogen-bond donors (Lipinski definition) is 1. The van der Waals surface area contributed by atoms with Gasteiger partial charge in [0.15, 0.2) is 0 Å². The molecule has 0 aromatic carbocycles. The first-order valence-corrected chi connectivity index (χ1v) is 6.08. The monoisotopic (exact) mass is 199 g/mol. The fourth-order valence-corrected chi connectivity index (χ4v) is 2.19. The summed E-state index contributed by atoms with van der Waals surface area (Å²) in [6, 6.07) is 0.238. The third-order valence-corrected chi connectivity index (χ3v) is 3.40. The summed E-state index contributed by atoms with van der Waals surface area (Å²) in [6.45, 7) is 5.31. The van der Waals surface area contributed by atoms with Crippen molar-refractivity contribution in [3.05, 3.63) is 0 Å². The van der Waals surface area contributed by atoms with Crippen LogP contribution < -0.4 is 5.73 Å². The standard InChI is InChI=1S/C12H25NO/c1-3-4-5-6-8-11(13)12(2)9-7-10-14-12/h11H,3-10,13H2,1-2H3. The van der Waals surface area contributed by atoms with Crippen LogP contribution in [0.25, 0.3) is 0 Å². The minimum atomic E-state index is -0.0216. The van der Waals surface area contributed by atoms with E-state index in [1.807, 2.05) is 0 Å². The second-order valence-electron chi connectivity index (χ2n) is 4.72. The lowest BCUT2D eigenvalue weighted by molar-refractivity contribution is -0.00363. The highest BCUT2D eigenvalue weighted by molar-refractivity contribution is 4.90. The summed E-state index contributed by atoms with van der Waals surface area (Å²) in [4.78, 5) is 0. The molecule has 1 heterocycles. The summed E-state index contributed by atoms with van der Waals surface area (Å²) in [5, 5.41) is 0. The molecule has 1 rings (SSSR count). The molecule has 2 unspecified atom stereocenters. The molecule has 0 saturated carbocycles. The number of nitrogens with two attached hydrogens (primary N) is 1. The molecular formula is C12H25NO. The van der Waals surface area contributed by atoms with Crippen LogP contribution in [0.2, 0.25) is 0 Å². The zero-order chi connectivity index (χ0) is 10.4. The first kappa shape index (κ1) is 12.0. The van der Waals surface area contributed by atoms with Gasteiger partial charge in [0.1, 0.15) is 0 Å². The molecule has 2 nitrogen and oxygen atoms in total. The highest BCUT2D eigenvalue weighted by Gasteiger charge is 2.35. The van der Waals surface area contributed by atoms with E-state index in [0.717, 1.165) is 19.4 Å². The van der Waals surface area contributed by atoms with Crippen LogP contribution in [0.3, 0.4) is 0 Å². The molecule has 0 aliphatic carbocycles. The number of ether oxygens (including phenoxy) is 1. The molecule has 1 fully saturated rings. The Balaban J connectivity index is 2.16. The minimum Gasteiger partial charge on any atom is -0.374 e. The normalized spacial score (nSPS) is 29.4. The second-order valence-corrected chi connectivity index (χ2v) is 4.72. The second kappa shape index (κ2) is 5.72. The zero-order valence-electron chi connectivity index (χ0n) is 9.72. The van der Waals surface area contributed by atoms with Crippen LogP contribution in [0.4, 0.5) is 0 Å². The lowest BCUT2D eigenvalue weighted by Gasteiger charge is -2.30. The largest absolute Gasteiger partial charge is 0.374 e. The molecule has 84 valence electrons. The molecule has 0 radical (unpaired) electrons. The van der Waals surface area contributed by atoms with E-state index < -0.39 is 0 Å². The molecule has 0 aromatic rings. The van der Waals surface area contributed by atoms with Crippen LogP contribution in [0.1, 0.15) is 58.8 Å². The quantitative estimate of drug-likeness (QED) is 0.668. The SMILES string of the molecule is CCCCCCC(N)C1(C)CCCO1. The predicted octanol–water partition coefficient (Wildman–Crippen LogP) is 2.85. The van der Waals surface area contributed by atoms with E-state index in [-0.39, 0.29) is 11.6 Å². The van der Waals surface area contributed by atoms with Crippen molar-refractivity contribution in [3.63, 3.8) is 0 Å². The summed E-state index contributed by atoms with van der Waals surface area (Å²) in [7, 11) is 0. The van der Waals surface area contributed by atoms with Crippen molar-refractivity contribution in [3.8, 4) is 0 Å². The minimum absolute atomic E-state index is 0.0216. The van der Waals surface area contributed by atoms with E-state index in [2.05, 4.69) is 13.8 Å².